The molecule has 2 aliphatic rings. The molecule has 1 atom stereocenters. The third-order valence-corrected chi connectivity index (χ3v) is 6.09. The maximum Gasteiger partial charge on any atom is 0.296 e. The molecular weight excluding hydrogens is 309 g/mol. The van der Waals surface area contributed by atoms with E-state index in [-0.39, 0.29) is 17.8 Å². The van der Waals surface area contributed by atoms with Gasteiger partial charge in [-0.25, -0.2) is 9.99 Å². The van der Waals surface area contributed by atoms with E-state index in [0.29, 0.717) is 6.04 Å². The molecule has 1 saturated heterocycles. The maximum atomic E-state index is 6.10. The Hall–Kier alpha value is -1.75. The Morgan fingerprint density at radius 3 is 2.60 bits per heavy atom. The average molecular weight is 337 g/mol. The first-order valence-electron chi connectivity index (χ1n) is 9.28. The van der Waals surface area contributed by atoms with Gasteiger partial charge in [-0.2, -0.15) is 0 Å². The van der Waals surface area contributed by atoms with Crippen LogP contribution in [0.5, 0.6) is 0 Å². The molecule has 0 radical (unpaired) electrons. The molecule has 2 aromatic rings. The molecular formula is C20H28BN3O. The van der Waals surface area contributed by atoms with Crippen LogP contribution in [0.25, 0.3) is 23.3 Å². The monoisotopic (exact) mass is 337 g/mol. The summed E-state index contributed by atoms with van der Waals surface area (Å²) in [5.74, 6) is 2.31. The molecule has 0 aromatic carbocycles. The van der Waals surface area contributed by atoms with Crippen molar-refractivity contribution in [1.29, 1.82) is 0 Å². The van der Waals surface area contributed by atoms with Crippen LogP contribution in [0.4, 0.5) is 0 Å². The van der Waals surface area contributed by atoms with Crippen LogP contribution < -0.4 is 10.6 Å². The van der Waals surface area contributed by atoms with E-state index in [9.17, 15) is 0 Å². The molecule has 132 valence electrons. The number of nitrogens with zero attached hydrogens (tertiary/aromatic N) is 3. The molecule has 0 saturated carbocycles. The molecule has 1 fully saturated rings. The molecule has 0 aliphatic carbocycles. The van der Waals surface area contributed by atoms with Gasteiger partial charge in [-0.05, 0) is 51.7 Å². The van der Waals surface area contributed by atoms with Crippen molar-refractivity contribution in [3.63, 3.8) is 0 Å². The van der Waals surface area contributed by atoms with Gasteiger partial charge in [0.2, 0.25) is 5.71 Å². The fourth-order valence-electron chi connectivity index (χ4n) is 4.90. The Bertz CT molecular complexity index is 959. The second-order valence-corrected chi connectivity index (χ2v) is 9.10. The van der Waals surface area contributed by atoms with Crippen molar-refractivity contribution in [2.75, 3.05) is 0 Å². The summed E-state index contributed by atoms with van der Waals surface area (Å²) in [7, 11) is 0. The molecule has 0 unspecified atom stereocenters. The van der Waals surface area contributed by atoms with E-state index in [4.69, 9.17) is 4.42 Å². The summed E-state index contributed by atoms with van der Waals surface area (Å²) in [6, 6.07) is 4.64. The fourth-order valence-corrected chi connectivity index (χ4v) is 4.90. The lowest BCUT2D eigenvalue weighted by Crippen LogP contribution is -2.58. The van der Waals surface area contributed by atoms with Gasteiger partial charge in [0.05, 0.1) is 0 Å². The van der Waals surface area contributed by atoms with Gasteiger partial charge in [0.15, 0.2) is 5.42 Å². The van der Waals surface area contributed by atoms with Gasteiger partial charge in [-0.3, -0.25) is 0 Å². The van der Waals surface area contributed by atoms with Gasteiger partial charge in [0, 0.05) is 34.1 Å². The van der Waals surface area contributed by atoms with E-state index < -0.39 is 0 Å². The van der Waals surface area contributed by atoms with E-state index in [0.717, 1.165) is 22.2 Å². The second-order valence-electron chi connectivity index (χ2n) is 9.10. The van der Waals surface area contributed by atoms with E-state index in [1.807, 2.05) is 6.92 Å². The Balaban J connectivity index is 1.86. The smallest absolute Gasteiger partial charge is 0.296 e. The number of hydrogen-bond acceptors (Lipinski definition) is 4. The van der Waals surface area contributed by atoms with Gasteiger partial charge in [0.1, 0.15) is 0 Å². The van der Waals surface area contributed by atoms with Crippen LogP contribution in [0.3, 0.4) is 0 Å². The quantitative estimate of drug-likeness (QED) is 0.749. The summed E-state index contributed by atoms with van der Waals surface area (Å²) >= 11 is 0. The Morgan fingerprint density at radius 1 is 1.24 bits per heavy atom. The average Bonchev–Trinajstić information content (AvgIpc) is 2.89. The van der Waals surface area contributed by atoms with Gasteiger partial charge in [-0.1, -0.05) is 26.6 Å². The SMILES string of the molecule is CB1C=c2c(oc3nc(C)ccc23)=CN1N1[C@@H](C)C(C)(C)CC1(C)C. The lowest BCUT2D eigenvalue weighted by molar-refractivity contribution is 0.00194. The zero-order chi connectivity index (χ0) is 18.1. The standard InChI is InChI=1S/C20H28BN3O/c1-13-8-9-15-16-10-21(7)23(11-17(16)25-18(15)22-13)24-14(2)19(3,4)12-20(24,5)6/h8-11,14H,12H2,1-7H3/t14-/m0/s1. The molecule has 4 rings (SSSR count). The summed E-state index contributed by atoms with van der Waals surface area (Å²) < 4.78 is 6.10. The Morgan fingerprint density at radius 2 is 1.96 bits per heavy atom. The van der Waals surface area contributed by atoms with Crippen molar-refractivity contribution in [2.45, 2.75) is 66.4 Å². The zero-order valence-electron chi connectivity index (χ0n) is 16.4. The van der Waals surface area contributed by atoms with Crippen LogP contribution in [-0.2, 0) is 0 Å². The predicted octanol–water partition coefficient (Wildman–Crippen LogP) is 2.94. The third kappa shape index (κ3) is 2.43. The molecule has 4 nitrogen and oxygen atoms in total. The number of aromatic nitrogens is 1. The van der Waals surface area contributed by atoms with Crippen molar-refractivity contribution < 1.29 is 4.42 Å². The largest absolute Gasteiger partial charge is 0.436 e. The summed E-state index contributed by atoms with van der Waals surface area (Å²) in [4.78, 5) is 6.93. The molecule has 2 aliphatic heterocycles. The highest BCUT2D eigenvalue weighted by atomic mass is 16.3. The first-order chi connectivity index (χ1) is 11.6. The number of fused-ring (bicyclic) bond motifs is 3. The van der Waals surface area contributed by atoms with Gasteiger partial charge < -0.3 is 9.34 Å². The van der Waals surface area contributed by atoms with E-state index in [1.165, 1.54) is 11.6 Å². The number of aryl methyl sites for hydroxylation is 1. The van der Waals surface area contributed by atoms with Crippen molar-refractivity contribution in [3.8, 4) is 0 Å². The van der Waals surface area contributed by atoms with Crippen LogP contribution >= 0.6 is 0 Å². The molecule has 0 spiro atoms. The fraction of sp³-hybridized carbons (Fsp3) is 0.550. The number of hydrazine groups is 1. The number of hydrogen-bond donors (Lipinski definition) is 0. The predicted molar refractivity (Wildman–Crippen MR) is 104 cm³/mol. The van der Waals surface area contributed by atoms with Crippen LogP contribution in [0.2, 0.25) is 6.82 Å². The van der Waals surface area contributed by atoms with Gasteiger partial charge >= 0.3 is 0 Å². The van der Waals surface area contributed by atoms with Crippen LogP contribution in [0.1, 0.15) is 46.7 Å². The minimum atomic E-state index is 0.111. The highest BCUT2D eigenvalue weighted by molar-refractivity contribution is 6.70. The molecule has 0 N–H and O–H groups in total. The lowest BCUT2D eigenvalue weighted by Gasteiger charge is -2.45. The lowest BCUT2D eigenvalue weighted by atomic mass is 9.62. The molecule has 2 aromatic heterocycles. The van der Waals surface area contributed by atoms with Crippen molar-refractivity contribution >= 4 is 30.1 Å². The number of rotatable bonds is 1. The van der Waals surface area contributed by atoms with E-state index in [1.54, 1.807) is 0 Å². The summed E-state index contributed by atoms with van der Waals surface area (Å²) in [6.45, 7) is 16.3. The van der Waals surface area contributed by atoms with Crippen molar-refractivity contribution in [1.82, 2.24) is 14.9 Å². The first kappa shape index (κ1) is 16.7. The van der Waals surface area contributed by atoms with Gasteiger partial charge in [0.25, 0.3) is 6.85 Å². The Kier molecular flexibility index (Phi) is 3.43. The minimum Gasteiger partial charge on any atom is -0.436 e. The molecule has 0 amide bonds. The number of furan rings is 1. The molecule has 0 bridgehead atoms. The number of pyridine rings is 1. The summed E-state index contributed by atoms with van der Waals surface area (Å²) in [6.07, 6.45) is 3.35. The molecule has 5 heteroatoms. The van der Waals surface area contributed by atoms with Crippen LogP contribution in [0.15, 0.2) is 16.5 Å². The summed E-state index contributed by atoms with van der Waals surface area (Å²) in [5, 5.41) is 4.83. The van der Waals surface area contributed by atoms with Crippen LogP contribution in [-0.4, -0.2) is 33.3 Å². The highest BCUT2D eigenvalue weighted by Crippen LogP contribution is 2.47. The topological polar surface area (TPSA) is 32.5 Å². The minimum absolute atomic E-state index is 0.111. The first-order valence-corrected chi connectivity index (χ1v) is 9.28. The third-order valence-electron chi connectivity index (χ3n) is 6.09. The maximum absolute atomic E-state index is 6.10. The zero-order valence-corrected chi connectivity index (χ0v) is 16.4. The summed E-state index contributed by atoms with van der Waals surface area (Å²) in [5.41, 5.74) is 3.03. The van der Waals surface area contributed by atoms with Gasteiger partial charge in [-0.15, -0.1) is 0 Å². The van der Waals surface area contributed by atoms with Crippen molar-refractivity contribution in [3.05, 3.63) is 28.5 Å². The Labute approximate surface area is 150 Å². The molecule has 25 heavy (non-hydrogen) atoms. The molecule has 4 heterocycles. The normalized spacial score (nSPS) is 25.0. The van der Waals surface area contributed by atoms with Crippen molar-refractivity contribution in [2.24, 2.45) is 5.41 Å². The second kappa shape index (κ2) is 5.13. The van der Waals surface area contributed by atoms with Crippen LogP contribution in [0, 0.1) is 12.3 Å². The van der Waals surface area contributed by atoms with E-state index in [2.05, 4.69) is 80.7 Å². The van der Waals surface area contributed by atoms with E-state index >= 15 is 0 Å². The highest BCUT2D eigenvalue weighted by Gasteiger charge is 2.51.